The number of aliphatic hydroxyl groups excluding tert-OH is 1. The second-order valence-corrected chi connectivity index (χ2v) is 6.82. The second-order valence-electron chi connectivity index (χ2n) is 6.02. The van der Waals surface area contributed by atoms with Crippen molar-refractivity contribution >= 4 is 41.2 Å². The fourth-order valence-electron chi connectivity index (χ4n) is 2.82. The van der Waals surface area contributed by atoms with Gasteiger partial charge in [0.05, 0.1) is 12.4 Å². The van der Waals surface area contributed by atoms with Crippen LogP contribution in [0.15, 0.2) is 30.3 Å². The predicted molar refractivity (Wildman–Crippen MR) is 109 cm³/mol. The van der Waals surface area contributed by atoms with Crippen LogP contribution in [-0.2, 0) is 25.7 Å². The molecule has 2 rings (SSSR count). The predicted octanol–water partition coefficient (Wildman–Crippen LogP) is 2.20. The number of carbonyl (C=O) groups is 3. The molecule has 162 valence electrons. The fraction of sp³-hybridized carbons (Fsp3) is 0.526. The monoisotopic (exact) mass is 448 g/mol. The standard InChI is InChI=1S/C18H24N2O6.CH2Cl2/c1-25-17(23)15(8-12-21)20-11-10-19(9-7-16(20)22)18(24)26-13-14-5-3-2-4-6-14;2-1-3/h2-6,15,21H,7-13H2,1H3;1H2. The van der Waals surface area contributed by atoms with Crippen LogP contribution in [0.2, 0.25) is 0 Å². The Morgan fingerprint density at radius 3 is 2.41 bits per heavy atom. The molecule has 8 nitrogen and oxygen atoms in total. The lowest BCUT2D eigenvalue weighted by molar-refractivity contribution is -0.153. The zero-order valence-electron chi connectivity index (χ0n) is 16.3. The number of hydrogen-bond donors (Lipinski definition) is 1. The van der Waals surface area contributed by atoms with Gasteiger partial charge in [0.25, 0.3) is 0 Å². The van der Waals surface area contributed by atoms with Crippen LogP contribution in [0, 0.1) is 0 Å². The number of alkyl halides is 2. The molecule has 10 heteroatoms. The molecule has 0 aliphatic carbocycles. The third-order valence-electron chi connectivity index (χ3n) is 4.24. The molecule has 1 unspecified atom stereocenters. The summed E-state index contributed by atoms with van der Waals surface area (Å²) in [4.78, 5) is 39.3. The Kier molecular flexibility index (Phi) is 12.1. The molecule has 1 aromatic carbocycles. The maximum atomic E-state index is 12.4. The number of esters is 1. The van der Waals surface area contributed by atoms with Crippen LogP contribution in [0.4, 0.5) is 4.79 Å². The number of hydrogen-bond acceptors (Lipinski definition) is 6. The van der Waals surface area contributed by atoms with Crippen molar-refractivity contribution < 1.29 is 29.0 Å². The van der Waals surface area contributed by atoms with Gasteiger partial charge in [0.15, 0.2) is 0 Å². The minimum absolute atomic E-state index is 0.0827. The van der Waals surface area contributed by atoms with Gasteiger partial charge in [-0.25, -0.2) is 9.59 Å². The van der Waals surface area contributed by atoms with Gasteiger partial charge in [0.2, 0.25) is 5.91 Å². The highest BCUT2D eigenvalue weighted by Crippen LogP contribution is 2.14. The molecule has 1 saturated heterocycles. The van der Waals surface area contributed by atoms with Crippen molar-refractivity contribution in [1.82, 2.24) is 9.80 Å². The molecule has 29 heavy (non-hydrogen) atoms. The molecule has 2 amide bonds. The van der Waals surface area contributed by atoms with Crippen molar-refractivity contribution in [3.8, 4) is 0 Å². The highest BCUT2D eigenvalue weighted by molar-refractivity contribution is 6.40. The lowest BCUT2D eigenvalue weighted by Crippen LogP contribution is -2.47. The molecule has 1 aliphatic rings. The number of rotatable bonds is 6. The van der Waals surface area contributed by atoms with E-state index in [1.807, 2.05) is 30.3 Å². The minimum Gasteiger partial charge on any atom is -0.467 e. The quantitative estimate of drug-likeness (QED) is 0.529. The number of ether oxygens (including phenoxy) is 2. The Labute approximate surface area is 180 Å². The van der Waals surface area contributed by atoms with Crippen molar-refractivity contribution in [3.63, 3.8) is 0 Å². The van der Waals surface area contributed by atoms with Gasteiger partial charge in [0, 0.05) is 39.1 Å². The molecular weight excluding hydrogens is 423 g/mol. The minimum atomic E-state index is -0.849. The molecule has 0 bridgehead atoms. The van der Waals surface area contributed by atoms with Gasteiger partial charge in [0.1, 0.15) is 12.6 Å². The van der Waals surface area contributed by atoms with Crippen molar-refractivity contribution in [3.05, 3.63) is 35.9 Å². The first-order valence-corrected chi connectivity index (χ1v) is 10.1. The van der Waals surface area contributed by atoms with Crippen LogP contribution in [0.5, 0.6) is 0 Å². The van der Waals surface area contributed by atoms with Crippen LogP contribution in [0.1, 0.15) is 18.4 Å². The van der Waals surface area contributed by atoms with Crippen molar-refractivity contribution in [1.29, 1.82) is 0 Å². The van der Waals surface area contributed by atoms with Crippen molar-refractivity contribution in [2.75, 3.05) is 38.7 Å². The van der Waals surface area contributed by atoms with E-state index in [0.717, 1.165) is 5.56 Å². The van der Waals surface area contributed by atoms with E-state index in [4.69, 9.17) is 37.8 Å². The maximum Gasteiger partial charge on any atom is 0.410 e. The average molecular weight is 449 g/mol. The molecule has 0 aromatic heterocycles. The maximum absolute atomic E-state index is 12.4. The first-order chi connectivity index (χ1) is 14.0. The van der Waals surface area contributed by atoms with E-state index >= 15 is 0 Å². The number of carbonyl (C=O) groups excluding carboxylic acids is 3. The van der Waals surface area contributed by atoms with Crippen LogP contribution < -0.4 is 0 Å². The molecule has 0 radical (unpaired) electrons. The molecule has 1 fully saturated rings. The Balaban J connectivity index is 0.00000132. The van der Waals surface area contributed by atoms with Crippen LogP contribution in [-0.4, -0.2) is 77.6 Å². The average Bonchev–Trinajstić information content (AvgIpc) is 2.93. The first kappa shape index (κ1) is 25.0. The molecule has 0 spiro atoms. The Bertz CT molecular complexity index is 647. The summed E-state index contributed by atoms with van der Waals surface area (Å²) in [5, 5.41) is 9.35. The molecule has 1 atom stereocenters. The molecule has 0 saturated carbocycles. The molecule has 1 aromatic rings. The summed E-state index contributed by atoms with van der Waals surface area (Å²) in [5.74, 6) is -0.834. The topological polar surface area (TPSA) is 96.4 Å². The number of halogens is 2. The molecule has 1 aliphatic heterocycles. The smallest absolute Gasteiger partial charge is 0.410 e. The van der Waals surface area contributed by atoms with Crippen molar-refractivity contribution in [2.45, 2.75) is 25.5 Å². The van der Waals surface area contributed by atoms with Crippen LogP contribution >= 0.6 is 23.2 Å². The Morgan fingerprint density at radius 2 is 1.83 bits per heavy atom. The highest BCUT2D eigenvalue weighted by Gasteiger charge is 2.33. The summed E-state index contributed by atoms with van der Waals surface area (Å²) < 4.78 is 10.0. The summed E-state index contributed by atoms with van der Waals surface area (Å²) in [6.45, 7) is 0.558. The number of benzene rings is 1. The largest absolute Gasteiger partial charge is 0.467 e. The summed E-state index contributed by atoms with van der Waals surface area (Å²) in [7, 11) is 1.24. The number of amides is 2. The Morgan fingerprint density at radius 1 is 1.17 bits per heavy atom. The summed E-state index contributed by atoms with van der Waals surface area (Å²) in [6, 6.07) is 8.47. The number of aliphatic hydroxyl groups is 1. The first-order valence-electron chi connectivity index (χ1n) is 9.04. The van der Waals surface area contributed by atoms with Gasteiger partial charge < -0.3 is 24.4 Å². The summed E-state index contributed by atoms with van der Waals surface area (Å²) in [5.41, 5.74) is 0.877. The third-order valence-corrected chi connectivity index (χ3v) is 4.24. The van der Waals surface area contributed by atoms with E-state index in [-0.39, 0.29) is 56.9 Å². The molecular formula is C19H26Cl2N2O6. The fourth-order valence-corrected chi connectivity index (χ4v) is 2.82. The molecule has 1 N–H and O–H groups in total. The van der Waals surface area contributed by atoms with Crippen LogP contribution in [0.25, 0.3) is 0 Å². The lowest BCUT2D eigenvalue weighted by atomic mass is 10.1. The van der Waals surface area contributed by atoms with E-state index in [1.165, 1.54) is 16.9 Å². The third kappa shape index (κ3) is 8.47. The van der Waals surface area contributed by atoms with Gasteiger partial charge >= 0.3 is 12.1 Å². The van der Waals surface area contributed by atoms with E-state index in [2.05, 4.69) is 0 Å². The van der Waals surface area contributed by atoms with Gasteiger partial charge in [-0.05, 0) is 5.56 Å². The molecule has 1 heterocycles. The van der Waals surface area contributed by atoms with Crippen molar-refractivity contribution in [2.24, 2.45) is 0 Å². The normalized spacial score (nSPS) is 15.0. The van der Waals surface area contributed by atoms with Gasteiger partial charge in [-0.15, -0.1) is 23.2 Å². The Hall–Kier alpha value is -2.03. The number of methoxy groups -OCH3 is 1. The van der Waals surface area contributed by atoms with Gasteiger partial charge in [-0.2, -0.15) is 0 Å². The van der Waals surface area contributed by atoms with Crippen LogP contribution in [0.3, 0.4) is 0 Å². The van der Waals surface area contributed by atoms with E-state index in [1.54, 1.807) is 0 Å². The van der Waals surface area contributed by atoms with Gasteiger partial charge in [-0.1, -0.05) is 30.3 Å². The van der Waals surface area contributed by atoms with Gasteiger partial charge in [-0.3, -0.25) is 4.79 Å². The lowest BCUT2D eigenvalue weighted by Gasteiger charge is -2.28. The highest BCUT2D eigenvalue weighted by atomic mass is 35.5. The zero-order valence-corrected chi connectivity index (χ0v) is 17.8. The summed E-state index contributed by atoms with van der Waals surface area (Å²) >= 11 is 9.53. The van der Waals surface area contributed by atoms with E-state index in [0.29, 0.717) is 0 Å². The second kappa shape index (κ2) is 14.0. The van der Waals surface area contributed by atoms with E-state index in [9.17, 15) is 14.4 Å². The van der Waals surface area contributed by atoms with E-state index < -0.39 is 18.1 Å². The zero-order chi connectivity index (χ0) is 21.6. The SMILES string of the molecule is COC(=O)C(CCO)N1CCN(C(=O)OCc2ccccc2)CCC1=O.ClCCl. The number of nitrogens with zero attached hydrogens (tertiary/aromatic N) is 2. The summed E-state index contributed by atoms with van der Waals surface area (Å²) in [6.07, 6.45) is -0.323.